The highest BCUT2D eigenvalue weighted by atomic mass is 16.5. The number of methoxy groups -OCH3 is 1. The molecule has 1 aliphatic carbocycles. The summed E-state index contributed by atoms with van der Waals surface area (Å²) in [6, 6.07) is 0.359. The van der Waals surface area contributed by atoms with Gasteiger partial charge in [0.1, 0.15) is 0 Å². The lowest BCUT2D eigenvalue weighted by atomic mass is 9.96. The highest BCUT2D eigenvalue weighted by molar-refractivity contribution is 5.76. The maximum atomic E-state index is 11.8. The van der Waals surface area contributed by atoms with Crippen molar-refractivity contribution in [2.45, 2.75) is 63.5 Å². The quantitative estimate of drug-likeness (QED) is 0.769. The van der Waals surface area contributed by atoms with Crippen molar-refractivity contribution in [3.05, 3.63) is 0 Å². The molecule has 1 rings (SSSR count). The van der Waals surface area contributed by atoms with Crippen LogP contribution in [0.15, 0.2) is 0 Å². The average Bonchev–Trinajstić information content (AvgIpc) is 2.29. The number of ether oxygens (including phenoxy) is 1. The first-order valence-corrected chi connectivity index (χ1v) is 6.78. The van der Waals surface area contributed by atoms with E-state index in [0.717, 1.165) is 12.8 Å². The Morgan fingerprint density at radius 2 is 1.88 bits per heavy atom. The normalized spacial score (nSPS) is 20.4. The molecule has 0 spiro atoms. The van der Waals surface area contributed by atoms with Gasteiger partial charge >= 0.3 is 0 Å². The molecule has 0 aromatic heterocycles. The summed E-state index contributed by atoms with van der Waals surface area (Å²) < 4.78 is 5.12. The van der Waals surface area contributed by atoms with Crippen molar-refractivity contribution in [1.82, 2.24) is 5.32 Å². The van der Waals surface area contributed by atoms with Gasteiger partial charge in [-0.05, 0) is 12.8 Å². The number of carbonyl (C=O) groups excluding carboxylic acids is 1. The van der Waals surface area contributed by atoms with Crippen molar-refractivity contribution in [3.8, 4) is 0 Å². The van der Waals surface area contributed by atoms with Crippen LogP contribution in [0.5, 0.6) is 0 Å². The molecule has 0 radical (unpaired) electrons. The Morgan fingerprint density at radius 1 is 1.29 bits per heavy atom. The van der Waals surface area contributed by atoms with Crippen LogP contribution in [-0.4, -0.2) is 31.7 Å². The third-order valence-electron chi connectivity index (χ3n) is 3.48. The van der Waals surface area contributed by atoms with E-state index in [1.807, 2.05) is 0 Å². The van der Waals surface area contributed by atoms with Gasteiger partial charge in [0.25, 0.3) is 0 Å². The first-order valence-electron chi connectivity index (χ1n) is 6.78. The number of amides is 1. The second-order valence-corrected chi connectivity index (χ2v) is 4.91. The minimum Gasteiger partial charge on any atom is -0.380 e. The Bertz CT molecular complexity index is 209. The summed E-state index contributed by atoms with van der Waals surface area (Å²) in [6.07, 6.45) is 8.88. The minimum absolute atomic E-state index is 0.0767. The van der Waals surface area contributed by atoms with Crippen LogP contribution in [-0.2, 0) is 9.53 Å². The summed E-state index contributed by atoms with van der Waals surface area (Å²) in [4.78, 5) is 11.8. The minimum atomic E-state index is -0.149. The van der Waals surface area contributed by atoms with E-state index >= 15 is 0 Å². The molecule has 1 aliphatic rings. The third-order valence-corrected chi connectivity index (χ3v) is 3.48. The zero-order chi connectivity index (χ0) is 12.5. The van der Waals surface area contributed by atoms with Crippen molar-refractivity contribution in [1.29, 1.82) is 0 Å². The van der Waals surface area contributed by atoms with E-state index in [0.29, 0.717) is 19.0 Å². The van der Waals surface area contributed by atoms with Crippen LogP contribution >= 0.6 is 0 Å². The van der Waals surface area contributed by atoms with Crippen LogP contribution in [0, 0.1) is 0 Å². The van der Waals surface area contributed by atoms with Crippen LogP contribution in [0.3, 0.4) is 0 Å². The van der Waals surface area contributed by atoms with Crippen LogP contribution in [0.1, 0.15) is 51.4 Å². The first kappa shape index (κ1) is 14.5. The Balaban J connectivity index is 2.27. The van der Waals surface area contributed by atoms with Gasteiger partial charge in [0.2, 0.25) is 5.91 Å². The van der Waals surface area contributed by atoms with Gasteiger partial charge in [0.15, 0.2) is 0 Å². The van der Waals surface area contributed by atoms with Gasteiger partial charge < -0.3 is 15.8 Å². The molecule has 0 aromatic rings. The summed E-state index contributed by atoms with van der Waals surface area (Å²) in [7, 11) is 1.60. The standard InChI is InChI=1S/C13H26N2O2/c1-17-12(10-14)9-13(16)15-11-7-5-3-2-4-6-8-11/h11-12H,2-10,14H2,1H3,(H,15,16). The molecule has 0 aromatic carbocycles. The third kappa shape index (κ3) is 6.03. The summed E-state index contributed by atoms with van der Waals surface area (Å²) in [6.45, 7) is 0.397. The number of nitrogens with two attached hydrogens (primary N) is 1. The maximum Gasteiger partial charge on any atom is 0.222 e. The molecule has 0 saturated heterocycles. The Kier molecular flexibility index (Phi) is 7.21. The SMILES string of the molecule is COC(CN)CC(=O)NC1CCCCCCC1. The van der Waals surface area contributed by atoms with Crippen LogP contribution in [0.25, 0.3) is 0 Å². The molecule has 1 saturated carbocycles. The van der Waals surface area contributed by atoms with Crippen molar-refractivity contribution in [2.75, 3.05) is 13.7 Å². The zero-order valence-corrected chi connectivity index (χ0v) is 10.9. The first-order chi connectivity index (χ1) is 8.26. The molecule has 1 amide bonds. The lowest BCUT2D eigenvalue weighted by Gasteiger charge is -2.22. The second kappa shape index (κ2) is 8.48. The number of rotatable bonds is 5. The number of hydrogen-bond acceptors (Lipinski definition) is 3. The topological polar surface area (TPSA) is 64.3 Å². The summed E-state index contributed by atoms with van der Waals surface area (Å²) in [5, 5.41) is 3.11. The maximum absolute atomic E-state index is 11.8. The van der Waals surface area contributed by atoms with Gasteiger partial charge in [0.05, 0.1) is 12.5 Å². The Labute approximate surface area is 104 Å². The predicted octanol–water partition coefficient (Wildman–Crippen LogP) is 1.58. The van der Waals surface area contributed by atoms with Crippen molar-refractivity contribution < 1.29 is 9.53 Å². The molecule has 1 atom stereocenters. The summed E-state index contributed by atoms with van der Waals surface area (Å²) >= 11 is 0. The Hall–Kier alpha value is -0.610. The fourth-order valence-electron chi connectivity index (χ4n) is 2.36. The predicted molar refractivity (Wildman–Crippen MR) is 68.7 cm³/mol. The van der Waals surface area contributed by atoms with Crippen LogP contribution in [0.4, 0.5) is 0 Å². The van der Waals surface area contributed by atoms with Gasteiger partial charge in [-0.25, -0.2) is 0 Å². The lowest BCUT2D eigenvalue weighted by molar-refractivity contribution is -0.124. The zero-order valence-electron chi connectivity index (χ0n) is 10.9. The van der Waals surface area contributed by atoms with Crippen molar-refractivity contribution in [3.63, 3.8) is 0 Å². The average molecular weight is 242 g/mol. The van der Waals surface area contributed by atoms with Gasteiger partial charge in [-0.2, -0.15) is 0 Å². The van der Waals surface area contributed by atoms with Gasteiger partial charge in [-0.1, -0.05) is 32.1 Å². The van der Waals surface area contributed by atoms with Crippen LogP contribution < -0.4 is 11.1 Å². The molecule has 100 valence electrons. The molecular formula is C13H26N2O2. The number of nitrogens with one attached hydrogen (secondary N) is 1. The molecule has 0 heterocycles. The number of hydrogen-bond donors (Lipinski definition) is 2. The highest BCUT2D eigenvalue weighted by Crippen LogP contribution is 2.17. The van der Waals surface area contributed by atoms with E-state index in [4.69, 9.17) is 10.5 Å². The molecular weight excluding hydrogens is 216 g/mol. The highest BCUT2D eigenvalue weighted by Gasteiger charge is 2.16. The van der Waals surface area contributed by atoms with Gasteiger partial charge in [-0.15, -0.1) is 0 Å². The van der Waals surface area contributed by atoms with E-state index in [1.165, 1.54) is 32.1 Å². The molecule has 1 fully saturated rings. The van der Waals surface area contributed by atoms with Crippen molar-refractivity contribution >= 4 is 5.91 Å². The number of carbonyl (C=O) groups is 1. The van der Waals surface area contributed by atoms with Gasteiger partial charge in [0, 0.05) is 19.7 Å². The molecule has 17 heavy (non-hydrogen) atoms. The fourth-order valence-corrected chi connectivity index (χ4v) is 2.36. The lowest BCUT2D eigenvalue weighted by Crippen LogP contribution is -2.38. The van der Waals surface area contributed by atoms with E-state index in [-0.39, 0.29) is 12.0 Å². The molecule has 4 heteroatoms. The van der Waals surface area contributed by atoms with E-state index in [9.17, 15) is 4.79 Å². The second-order valence-electron chi connectivity index (χ2n) is 4.91. The molecule has 4 nitrogen and oxygen atoms in total. The molecule has 3 N–H and O–H groups in total. The van der Waals surface area contributed by atoms with E-state index in [2.05, 4.69) is 5.32 Å². The van der Waals surface area contributed by atoms with E-state index in [1.54, 1.807) is 7.11 Å². The van der Waals surface area contributed by atoms with Gasteiger partial charge in [-0.3, -0.25) is 4.79 Å². The smallest absolute Gasteiger partial charge is 0.222 e. The monoisotopic (exact) mass is 242 g/mol. The summed E-state index contributed by atoms with van der Waals surface area (Å²) in [5.41, 5.74) is 5.51. The summed E-state index contributed by atoms with van der Waals surface area (Å²) in [5.74, 6) is 0.0767. The van der Waals surface area contributed by atoms with Crippen LogP contribution in [0.2, 0.25) is 0 Å². The molecule has 0 bridgehead atoms. The molecule has 1 unspecified atom stereocenters. The Morgan fingerprint density at radius 3 is 2.41 bits per heavy atom. The van der Waals surface area contributed by atoms with Crippen molar-refractivity contribution in [2.24, 2.45) is 5.73 Å². The fraction of sp³-hybridized carbons (Fsp3) is 0.923. The van der Waals surface area contributed by atoms with E-state index < -0.39 is 0 Å². The largest absolute Gasteiger partial charge is 0.380 e. The molecule has 0 aliphatic heterocycles.